The first kappa shape index (κ1) is 17.6. The average molecular weight is 378 g/mol. The number of nitrogens with zero attached hydrogens (tertiary/aromatic N) is 2. The molecule has 9 heteroatoms. The van der Waals surface area contributed by atoms with Gasteiger partial charge in [-0.2, -0.15) is 0 Å². The van der Waals surface area contributed by atoms with Crippen LogP contribution >= 0.6 is 22.7 Å². The van der Waals surface area contributed by atoms with Crippen LogP contribution in [-0.2, 0) is 16.1 Å². The Kier molecular flexibility index (Phi) is 5.44. The molecular formula is C16H18N4O3S2. The van der Waals surface area contributed by atoms with Gasteiger partial charge in [0.25, 0.3) is 0 Å². The van der Waals surface area contributed by atoms with Crippen molar-refractivity contribution in [2.75, 3.05) is 13.1 Å². The number of nitrogens with one attached hydrogen (secondary N) is 2. The number of aryl methyl sites for hydroxylation is 1. The quantitative estimate of drug-likeness (QED) is 0.722. The van der Waals surface area contributed by atoms with Crippen LogP contribution in [0.25, 0.3) is 10.6 Å². The van der Waals surface area contributed by atoms with Crippen LogP contribution in [-0.4, -0.2) is 40.8 Å². The molecule has 0 bridgehead atoms. The summed E-state index contributed by atoms with van der Waals surface area (Å²) < 4.78 is 0. The summed E-state index contributed by atoms with van der Waals surface area (Å²) in [6.45, 7) is 2.76. The zero-order chi connectivity index (χ0) is 17.8. The Bertz CT molecular complexity index is 783. The zero-order valence-corrected chi connectivity index (χ0v) is 15.3. The lowest BCUT2D eigenvalue weighted by Crippen LogP contribution is -2.32. The lowest BCUT2D eigenvalue weighted by atomic mass is 10.2. The molecule has 2 N–H and O–H groups in total. The molecule has 0 aromatic carbocycles. The van der Waals surface area contributed by atoms with Crippen LogP contribution < -0.4 is 10.6 Å². The maximum atomic E-state index is 11.9. The minimum Gasteiger partial charge on any atom is -0.351 e. The van der Waals surface area contributed by atoms with Crippen molar-refractivity contribution in [1.82, 2.24) is 20.5 Å². The topological polar surface area (TPSA) is 91.4 Å². The molecule has 0 spiro atoms. The van der Waals surface area contributed by atoms with E-state index >= 15 is 0 Å². The van der Waals surface area contributed by atoms with Crippen LogP contribution in [0.15, 0.2) is 17.5 Å². The molecule has 1 fully saturated rings. The van der Waals surface area contributed by atoms with Gasteiger partial charge in [-0.15, -0.1) is 22.7 Å². The van der Waals surface area contributed by atoms with E-state index in [1.807, 2.05) is 24.4 Å². The Balaban J connectivity index is 1.41. The highest BCUT2D eigenvalue weighted by atomic mass is 32.1. The first-order valence-electron chi connectivity index (χ1n) is 7.89. The van der Waals surface area contributed by atoms with Gasteiger partial charge in [-0.1, -0.05) is 0 Å². The largest absolute Gasteiger partial charge is 0.351 e. The number of carbonyl (C=O) groups is 3. The van der Waals surface area contributed by atoms with Gasteiger partial charge in [-0.05, 0) is 25.5 Å². The molecule has 25 heavy (non-hydrogen) atoms. The minimum absolute atomic E-state index is 0.0459. The molecule has 7 nitrogen and oxygen atoms in total. The van der Waals surface area contributed by atoms with E-state index in [0.717, 1.165) is 25.4 Å². The second kappa shape index (κ2) is 7.75. The fourth-order valence-electron chi connectivity index (χ4n) is 2.44. The number of carbonyl (C=O) groups excluding carboxylic acids is 3. The zero-order valence-electron chi connectivity index (χ0n) is 13.7. The molecule has 0 aliphatic carbocycles. The third-order valence-electron chi connectivity index (χ3n) is 3.72. The van der Waals surface area contributed by atoms with E-state index in [9.17, 15) is 14.4 Å². The average Bonchev–Trinajstić information content (AvgIpc) is 3.29. The van der Waals surface area contributed by atoms with E-state index in [2.05, 4.69) is 15.6 Å². The first-order valence-corrected chi connectivity index (χ1v) is 9.58. The first-order chi connectivity index (χ1) is 12.0. The molecule has 1 aliphatic heterocycles. The summed E-state index contributed by atoms with van der Waals surface area (Å²) in [5.74, 6) is -0.333. The lowest BCUT2D eigenvalue weighted by Gasteiger charge is -2.11. The highest BCUT2D eigenvalue weighted by molar-refractivity contribution is 7.16. The molecule has 0 unspecified atom stereocenters. The number of aromatic nitrogens is 1. The van der Waals surface area contributed by atoms with Crippen LogP contribution in [0, 0.1) is 6.92 Å². The van der Waals surface area contributed by atoms with Gasteiger partial charge in [0, 0.05) is 23.2 Å². The third-order valence-corrected chi connectivity index (χ3v) is 5.60. The standard InChI is InChI=1S/C16H18N4O3S2/c1-10-19-12(9-24-10)13-5-4-11(25-13)7-17-14(21)3-2-6-20-15(22)8-18-16(20)23/h4-5,9H,2-3,6-8H2,1H3,(H,17,21)(H,18,23). The highest BCUT2D eigenvalue weighted by Crippen LogP contribution is 2.28. The van der Waals surface area contributed by atoms with Crippen molar-refractivity contribution in [2.45, 2.75) is 26.3 Å². The van der Waals surface area contributed by atoms with Gasteiger partial charge in [-0.25, -0.2) is 9.78 Å². The van der Waals surface area contributed by atoms with Crippen LogP contribution in [0.4, 0.5) is 4.79 Å². The predicted molar refractivity (Wildman–Crippen MR) is 96.4 cm³/mol. The predicted octanol–water partition coefficient (Wildman–Crippen LogP) is 2.13. The number of hydrogen-bond donors (Lipinski definition) is 2. The highest BCUT2D eigenvalue weighted by Gasteiger charge is 2.27. The van der Waals surface area contributed by atoms with Crippen molar-refractivity contribution in [2.24, 2.45) is 0 Å². The molecule has 132 valence electrons. The molecule has 1 saturated heterocycles. The van der Waals surface area contributed by atoms with Crippen LogP contribution in [0.1, 0.15) is 22.7 Å². The van der Waals surface area contributed by atoms with Crippen LogP contribution in [0.2, 0.25) is 0 Å². The van der Waals surface area contributed by atoms with Gasteiger partial charge in [-0.3, -0.25) is 14.5 Å². The van der Waals surface area contributed by atoms with Crippen molar-refractivity contribution in [3.8, 4) is 10.6 Å². The fraction of sp³-hybridized carbons (Fsp3) is 0.375. The van der Waals surface area contributed by atoms with Crippen molar-refractivity contribution in [3.05, 3.63) is 27.4 Å². The van der Waals surface area contributed by atoms with Crippen molar-refractivity contribution < 1.29 is 14.4 Å². The van der Waals surface area contributed by atoms with E-state index in [-0.39, 0.29) is 37.4 Å². The maximum Gasteiger partial charge on any atom is 0.324 e. The van der Waals surface area contributed by atoms with Gasteiger partial charge < -0.3 is 10.6 Å². The van der Waals surface area contributed by atoms with E-state index in [1.54, 1.807) is 22.7 Å². The van der Waals surface area contributed by atoms with Gasteiger partial charge >= 0.3 is 6.03 Å². The van der Waals surface area contributed by atoms with E-state index in [0.29, 0.717) is 13.0 Å². The molecule has 0 radical (unpaired) electrons. The summed E-state index contributed by atoms with van der Waals surface area (Å²) in [6, 6.07) is 3.62. The van der Waals surface area contributed by atoms with E-state index in [1.165, 1.54) is 0 Å². The van der Waals surface area contributed by atoms with E-state index in [4.69, 9.17) is 0 Å². The number of imide groups is 1. The molecule has 2 aromatic heterocycles. The van der Waals surface area contributed by atoms with Crippen molar-refractivity contribution >= 4 is 40.5 Å². The maximum absolute atomic E-state index is 11.9. The Labute approximate surface area is 153 Å². The molecular weight excluding hydrogens is 360 g/mol. The Morgan fingerprint density at radius 2 is 2.24 bits per heavy atom. The number of amides is 4. The summed E-state index contributed by atoms with van der Waals surface area (Å²) in [4.78, 5) is 42.5. The normalized spacial score (nSPS) is 14.0. The molecule has 2 aromatic rings. The SMILES string of the molecule is Cc1nc(-c2ccc(CNC(=O)CCCN3C(=O)CNC3=O)s2)cs1. The monoisotopic (exact) mass is 378 g/mol. The van der Waals surface area contributed by atoms with Crippen LogP contribution in [0.3, 0.4) is 0 Å². The van der Waals surface area contributed by atoms with Crippen LogP contribution in [0.5, 0.6) is 0 Å². The molecule has 0 atom stereocenters. The lowest BCUT2D eigenvalue weighted by molar-refractivity contribution is -0.126. The summed E-state index contributed by atoms with van der Waals surface area (Å²) >= 11 is 3.23. The van der Waals surface area contributed by atoms with Gasteiger partial charge in [0.05, 0.1) is 28.7 Å². The minimum atomic E-state index is -0.381. The fourth-order valence-corrected chi connectivity index (χ4v) is 4.04. The third kappa shape index (κ3) is 4.43. The second-order valence-corrected chi connectivity index (χ2v) is 7.83. The van der Waals surface area contributed by atoms with Gasteiger partial charge in [0.15, 0.2) is 0 Å². The van der Waals surface area contributed by atoms with Gasteiger partial charge in [0.2, 0.25) is 11.8 Å². The second-order valence-electron chi connectivity index (χ2n) is 5.60. The smallest absolute Gasteiger partial charge is 0.324 e. The number of hydrogen-bond acceptors (Lipinski definition) is 6. The number of rotatable bonds is 7. The number of thiophene rings is 1. The van der Waals surface area contributed by atoms with Crippen molar-refractivity contribution in [1.29, 1.82) is 0 Å². The summed E-state index contributed by atoms with van der Waals surface area (Å²) in [7, 11) is 0. The number of thiazole rings is 1. The molecule has 1 aliphatic rings. The Morgan fingerprint density at radius 3 is 2.92 bits per heavy atom. The molecule has 4 amide bonds. The molecule has 3 heterocycles. The molecule has 0 saturated carbocycles. The van der Waals surface area contributed by atoms with E-state index < -0.39 is 0 Å². The number of urea groups is 1. The summed E-state index contributed by atoms with van der Waals surface area (Å²) in [6.07, 6.45) is 0.735. The van der Waals surface area contributed by atoms with Crippen molar-refractivity contribution in [3.63, 3.8) is 0 Å². The van der Waals surface area contributed by atoms with Gasteiger partial charge in [0.1, 0.15) is 0 Å². The Morgan fingerprint density at radius 1 is 1.40 bits per heavy atom. The summed E-state index contributed by atoms with van der Waals surface area (Å²) in [5, 5.41) is 8.38. The summed E-state index contributed by atoms with van der Waals surface area (Å²) in [5.41, 5.74) is 0.971. The Hall–Kier alpha value is -2.26. The molecule has 3 rings (SSSR count).